The van der Waals surface area contributed by atoms with Gasteiger partial charge in [-0.15, -0.1) is 0 Å². The number of benzene rings is 1. The van der Waals surface area contributed by atoms with Gasteiger partial charge in [-0.3, -0.25) is 4.90 Å². The van der Waals surface area contributed by atoms with Gasteiger partial charge in [0.2, 0.25) is 0 Å². The molecule has 0 saturated carbocycles. The van der Waals surface area contributed by atoms with Crippen LogP contribution in [0.15, 0.2) is 24.3 Å². The predicted octanol–water partition coefficient (Wildman–Crippen LogP) is 2.32. The third-order valence-corrected chi connectivity index (χ3v) is 3.92. The Balaban J connectivity index is 1.90. The predicted molar refractivity (Wildman–Crippen MR) is 85.8 cm³/mol. The zero-order valence-electron chi connectivity index (χ0n) is 13.2. The van der Waals surface area contributed by atoms with Crippen LogP contribution in [0.25, 0.3) is 0 Å². The SMILES string of the molecule is CC(C)NCc1cccc(CN2CCCN(C)CC2)c1. The average Bonchev–Trinajstić information content (AvgIpc) is 2.62. The molecule has 20 heavy (non-hydrogen) atoms. The van der Waals surface area contributed by atoms with Crippen molar-refractivity contribution in [1.82, 2.24) is 15.1 Å². The van der Waals surface area contributed by atoms with Crippen molar-refractivity contribution in [3.8, 4) is 0 Å². The fourth-order valence-corrected chi connectivity index (χ4v) is 2.68. The molecule has 0 aromatic heterocycles. The minimum absolute atomic E-state index is 0.541. The highest BCUT2D eigenvalue weighted by Gasteiger charge is 2.12. The maximum Gasteiger partial charge on any atom is 0.0234 e. The van der Waals surface area contributed by atoms with E-state index in [2.05, 4.69) is 60.3 Å². The smallest absolute Gasteiger partial charge is 0.0234 e. The van der Waals surface area contributed by atoms with Gasteiger partial charge in [0.15, 0.2) is 0 Å². The normalized spacial score (nSPS) is 18.4. The molecule has 0 atom stereocenters. The summed E-state index contributed by atoms with van der Waals surface area (Å²) in [5.41, 5.74) is 2.83. The highest BCUT2D eigenvalue weighted by atomic mass is 15.2. The second kappa shape index (κ2) is 7.77. The molecular formula is C17H29N3. The van der Waals surface area contributed by atoms with E-state index < -0.39 is 0 Å². The van der Waals surface area contributed by atoms with Gasteiger partial charge in [-0.1, -0.05) is 38.1 Å². The summed E-state index contributed by atoms with van der Waals surface area (Å²) >= 11 is 0. The molecule has 3 nitrogen and oxygen atoms in total. The summed E-state index contributed by atoms with van der Waals surface area (Å²) in [4.78, 5) is 5.02. The number of hydrogen-bond donors (Lipinski definition) is 1. The molecule has 0 unspecified atom stereocenters. The molecule has 0 amide bonds. The van der Waals surface area contributed by atoms with Gasteiger partial charge >= 0.3 is 0 Å². The molecule has 112 valence electrons. The first-order chi connectivity index (χ1) is 9.63. The van der Waals surface area contributed by atoms with Gasteiger partial charge in [-0.25, -0.2) is 0 Å². The van der Waals surface area contributed by atoms with E-state index in [4.69, 9.17) is 0 Å². The molecule has 0 spiro atoms. The first-order valence-electron chi connectivity index (χ1n) is 7.85. The van der Waals surface area contributed by atoms with Crippen molar-refractivity contribution in [1.29, 1.82) is 0 Å². The molecule has 1 fully saturated rings. The van der Waals surface area contributed by atoms with E-state index in [0.29, 0.717) is 6.04 Å². The molecule has 1 saturated heterocycles. The highest BCUT2D eigenvalue weighted by Crippen LogP contribution is 2.11. The van der Waals surface area contributed by atoms with Crippen LogP contribution in [0.4, 0.5) is 0 Å². The summed E-state index contributed by atoms with van der Waals surface area (Å²) < 4.78 is 0. The van der Waals surface area contributed by atoms with Crippen LogP contribution < -0.4 is 5.32 Å². The molecule has 1 aromatic carbocycles. The molecule has 0 radical (unpaired) electrons. The van der Waals surface area contributed by atoms with Crippen LogP contribution in [0, 0.1) is 0 Å². The molecule has 1 aliphatic rings. The Labute approximate surface area is 124 Å². The lowest BCUT2D eigenvalue weighted by Gasteiger charge is -2.20. The van der Waals surface area contributed by atoms with Crippen LogP contribution in [-0.2, 0) is 13.1 Å². The molecule has 1 N–H and O–H groups in total. The Morgan fingerprint density at radius 1 is 1.10 bits per heavy atom. The molecular weight excluding hydrogens is 246 g/mol. The third-order valence-electron chi connectivity index (χ3n) is 3.92. The quantitative estimate of drug-likeness (QED) is 0.890. The number of hydrogen-bond acceptors (Lipinski definition) is 3. The molecule has 2 rings (SSSR count). The lowest BCUT2D eigenvalue weighted by atomic mass is 10.1. The van der Waals surface area contributed by atoms with E-state index in [9.17, 15) is 0 Å². The summed E-state index contributed by atoms with van der Waals surface area (Å²) in [5.74, 6) is 0. The van der Waals surface area contributed by atoms with Crippen LogP contribution in [0.1, 0.15) is 31.4 Å². The summed E-state index contributed by atoms with van der Waals surface area (Å²) in [5, 5.41) is 3.49. The number of likely N-dealkylation sites (N-methyl/N-ethyl adjacent to an activating group) is 1. The van der Waals surface area contributed by atoms with E-state index in [1.165, 1.54) is 43.7 Å². The van der Waals surface area contributed by atoms with Crippen LogP contribution in [0.5, 0.6) is 0 Å². The van der Waals surface area contributed by atoms with Gasteiger partial charge in [0.25, 0.3) is 0 Å². The van der Waals surface area contributed by atoms with Gasteiger partial charge in [0.1, 0.15) is 0 Å². The maximum absolute atomic E-state index is 3.49. The number of rotatable bonds is 5. The highest BCUT2D eigenvalue weighted by molar-refractivity contribution is 5.23. The largest absolute Gasteiger partial charge is 0.310 e. The minimum atomic E-state index is 0.541. The van der Waals surface area contributed by atoms with Crippen molar-refractivity contribution >= 4 is 0 Å². The number of nitrogens with zero attached hydrogens (tertiary/aromatic N) is 2. The summed E-state index contributed by atoms with van der Waals surface area (Å²) in [7, 11) is 2.22. The van der Waals surface area contributed by atoms with Crippen LogP contribution >= 0.6 is 0 Å². The first kappa shape index (κ1) is 15.5. The standard InChI is InChI=1S/C17H29N3/c1-15(2)18-13-16-6-4-7-17(12-16)14-20-9-5-8-19(3)10-11-20/h4,6-7,12,15,18H,5,8-11,13-14H2,1-3H3. The Bertz CT molecular complexity index is 403. The van der Waals surface area contributed by atoms with Crippen molar-refractivity contribution < 1.29 is 0 Å². The topological polar surface area (TPSA) is 18.5 Å². The summed E-state index contributed by atoms with van der Waals surface area (Å²) in [6, 6.07) is 9.56. The molecule has 1 aliphatic heterocycles. The van der Waals surface area contributed by atoms with Crippen LogP contribution in [0.2, 0.25) is 0 Å². The summed E-state index contributed by atoms with van der Waals surface area (Å²) in [6.07, 6.45) is 1.28. The Morgan fingerprint density at radius 2 is 1.90 bits per heavy atom. The zero-order valence-corrected chi connectivity index (χ0v) is 13.2. The molecule has 0 bridgehead atoms. The Morgan fingerprint density at radius 3 is 2.70 bits per heavy atom. The monoisotopic (exact) mass is 275 g/mol. The minimum Gasteiger partial charge on any atom is -0.310 e. The lowest BCUT2D eigenvalue weighted by molar-refractivity contribution is 0.269. The van der Waals surface area contributed by atoms with Gasteiger partial charge in [0.05, 0.1) is 0 Å². The van der Waals surface area contributed by atoms with E-state index in [-0.39, 0.29) is 0 Å². The fourth-order valence-electron chi connectivity index (χ4n) is 2.68. The van der Waals surface area contributed by atoms with Gasteiger partial charge in [0, 0.05) is 32.2 Å². The Hall–Kier alpha value is -0.900. The van der Waals surface area contributed by atoms with E-state index in [0.717, 1.165) is 13.1 Å². The van der Waals surface area contributed by atoms with Crippen molar-refractivity contribution in [2.45, 2.75) is 39.4 Å². The van der Waals surface area contributed by atoms with Crippen LogP contribution in [0.3, 0.4) is 0 Å². The molecule has 3 heteroatoms. The van der Waals surface area contributed by atoms with E-state index in [1.807, 2.05) is 0 Å². The Kier molecular flexibility index (Phi) is 6.02. The summed E-state index contributed by atoms with van der Waals surface area (Å²) in [6.45, 7) is 11.3. The van der Waals surface area contributed by atoms with Crippen LogP contribution in [-0.4, -0.2) is 49.1 Å². The second-order valence-corrected chi connectivity index (χ2v) is 6.29. The van der Waals surface area contributed by atoms with Gasteiger partial charge in [-0.05, 0) is 37.7 Å². The molecule has 1 heterocycles. The van der Waals surface area contributed by atoms with Gasteiger partial charge < -0.3 is 10.2 Å². The third kappa shape index (κ3) is 5.23. The average molecular weight is 275 g/mol. The van der Waals surface area contributed by atoms with Crippen molar-refractivity contribution in [3.63, 3.8) is 0 Å². The number of nitrogens with one attached hydrogen (secondary N) is 1. The lowest BCUT2D eigenvalue weighted by Crippen LogP contribution is -2.28. The second-order valence-electron chi connectivity index (χ2n) is 6.29. The zero-order chi connectivity index (χ0) is 14.4. The maximum atomic E-state index is 3.49. The first-order valence-corrected chi connectivity index (χ1v) is 7.85. The molecule has 0 aliphatic carbocycles. The van der Waals surface area contributed by atoms with E-state index >= 15 is 0 Å². The fraction of sp³-hybridized carbons (Fsp3) is 0.647. The molecule has 1 aromatic rings. The van der Waals surface area contributed by atoms with Crippen molar-refractivity contribution in [3.05, 3.63) is 35.4 Å². The van der Waals surface area contributed by atoms with Crippen molar-refractivity contribution in [2.24, 2.45) is 0 Å². The van der Waals surface area contributed by atoms with Gasteiger partial charge in [-0.2, -0.15) is 0 Å². The van der Waals surface area contributed by atoms with E-state index in [1.54, 1.807) is 0 Å². The van der Waals surface area contributed by atoms with Crippen molar-refractivity contribution in [2.75, 3.05) is 33.2 Å².